The molecule has 0 aliphatic carbocycles. The van der Waals surface area contributed by atoms with Crippen molar-refractivity contribution < 1.29 is 14.3 Å². The lowest BCUT2D eigenvalue weighted by molar-refractivity contribution is 0.102. The molecule has 0 atom stereocenters. The minimum Gasteiger partial charge on any atom is -0.495 e. The van der Waals surface area contributed by atoms with Crippen LogP contribution in [0.2, 0.25) is 5.02 Å². The second-order valence-electron chi connectivity index (χ2n) is 6.06. The van der Waals surface area contributed by atoms with E-state index in [1.165, 1.54) is 0 Å². The number of benzene rings is 2. The van der Waals surface area contributed by atoms with Crippen molar-refractivity contribution >= 4 is 34.7 Å². The van der Waals surface area contributed by atoms with Crippen molar-refractivity contribution in [3.63, 3.8) is 0 Å². The molecule has 0 saturated heterocycles. The van der Waals surface area contributed by atoms with E-state index in [0.29, 0.717) is 33.6 Å². The molecule has 2 aromatic carbocycles. The van der Waals surface area contributed by atoms with Crippen LogP contribution in [-0.4, -0.2) is 25.1 Å². The fourth-order valence-electron chi connectivity index (χ4n) is 2.55. The van der Waals surface area contributed by atoms with E-state index in [-0.39, 0.29) is 5.91 Å². The van der Waals surface area contributed by atoms with Gasteiger partial charge in [-0.15, -0.1) is 0 Å². The fourth-order valence-corrected chi connectivity index (χ4v) is 2.78. The normalized spacial score (nSPS) is 10.3. The Morgan fingerprint density at radius 1 is 1.00 bits per heavy atom. The molecule has 0 bridgehead atoms. The zero-order chi connectivity index (χ0) is 20.1. The molecule has 7 heteroatoms. The first-order valence-electron chi connectivity index (χ1n) is 8.53. The van der Waals surface area contributed by atoms with Crippen LogP contribution in [0.5, 0.6) is 11.5 Å². The van der Waals surface area contributed by atoms with Gasteiger partial charge in [0.05, 0.1) is 36.8 Å². The maximum absolute atomic E-state index is 12.3. The Morgan fingerprint density at radius 3 is 2.32 bits per heavy atom. The van der Waals surface area contributed by atoms with Gasteiger partial charge in [-0.2, -0.15) is 0 Å². The SMILES string of the molecule is COc1cc(Nc2ccc(NC(=O)c3ccc(C)cc3)nc2)c(OC)cc1Cl. The first-order valence-corrected chi connectivity index (χ1v) is 8.90. The molecular weight excluding hydrogens is 378 g/mol. The van der Waals surface area contributed by atoms with Gasteiger partial charge in [0.25, 0.3) is 5.91 Å². The van der Waals surface area contributed by atoms with Crippen LogP contribution in [0.15, 0.2) is 54.7 Å². The van der Waals surface area contributed by atoms with Gasteiger partial charge in [-0.1, -0.05) is 29.3 Å². The Kier molecular flexibility index (Phi) is 6.01. The number of ether oxygens (including phenoxy) is 2. The predicted molar refractivity (Wildman–Crippen MR) is 111 cm³/mol. The van der Waals surface area contributed by atoms with Crippen molar-refractivity contribution in [1.82, 2.24) is 4.98 Å². The molecule has 0 spiro atoms. The molecule has 2 N–H and O–H groups in total. The molecular formula is C21H20ClN3O3. The zero-order valence-corrected chi connectivity index (χ0v) is 16.5. The van der Waals surface area contributed by atoms with Crippen LogP contribution in [0.4, 0.5) is 17.2 Å². The lowest BCUT2D eigenvalue weighted by Gasteiger charge is -2.14. The summed E-state index contributed by atoms with van der Waals surface area (Å²) in [6.07, 6.45) is 1.62. The van der Waals surface area contributed by atoms with Gasteiger partial charge in [0.2, 0.25) is 0 Å². The van der Waals surface area contributed by atoms with Crippen LogP contribution in [0.3, 0.4) is 0 Å². The number of carbonyl (C=O) groups excluding carboxylic acids is 1. The second kappa shape index (κ2) is 8.63. The van der Waals surface area contributed by atoms with E-state index in [1.807, 2.05) is 19.1 Å². The smallest absolute Gasteiger partial charge is 0.256 e. The number of hydrogen-bond donors (Lipinski definition) is 2. The molecule has 1 amide bonds. The molecule has 3 rings (SSSR count). The molecule has 6 nitrogen and oxygen atoms in total. The van der Waals surface area contributed by atoms with E-state index in [4.69, 9.17) is 21.1 Å². The Bertz CT molecular complexity index is 973. The average molecular weight is 398 g/mol. The minimum atomic E-state index is -0.211. The number of pyridine rings is 1. The quantitative estimate of drug-likeness (QED) is 0.608. The summed E-state index contributed by atoms with van der Waals surface area (Å²) in [5, 5.41) is 6.44. The summed E-state index contributed by atoms with van der Waals surface area (Å²) in [5.41, 5.74) is 3.07. The number of methoxy groups -OCH3 is 2. The summed E-state index contributed by atoms with van der Waals surface area (Å²) in [5.74, 6) is 1.34. The van der Waals surface area contributed by atoms with Crippen molar-refractivity contribution in [2.45, 2.75) is 6.92 Å². The molecule has 0 saturated carbocycles. The van der Waals surface area contributed by atoms with Crippen LogP contribution in [0, 0.1) is 6.92 Å². The van der Waals surface area contributed by atoms with Crippen LogP contribution >= 0.6 is 11.6 Å². The fraction of sp³-hybridized carbons (Fsp3) is 0.143. The number of nitrogens with zero attached hydrogens (tertiary/aromatic N) is 1. The van der Waals surface area contributed by atoms with Gasteiger partial charge in [0.1, 0.15) is 17.3 Å². The molecule has 1 aromatic heterocycles. The van der Waals surface area contributed by atoms with E-state index < -0.39 is 0 Å². The molecule has 0 aliphatic heterocycles. The van der Waals surface area contributed by atoms with E-state index in [9.17, 15) is 4.79 Å². The van der Waals surface area contributed by atoms with Crippen LogP contribution in [0.25, 0.3) is 0 Å². The monoisotopic (exact) mass is 397 g/mol. The minimum absolute atomic E-state index is 0.211. The molecule has 0 aliphatic rings. The molecule has 1 heterocycles. The summed E-state index contributed by atoms with van der Waals surface area (Å²) in [6.45, 7) is 1.97. The van der Waals surface area contributed by atoms with E-state index in [1.54, 1.807) is 56.8 Å². The zero-order valence-electron chi connectivity index (χ0n) is 15.7. The highest BCUT2D eigenvalue weighted by Gasteiger charge is 2.11. The number of carbonyl (C=O) groups is 1. The van der Waals surface area contributed by atoms with Gasteiger partial charge >= 0.3 is 0 Å². The van der Waals surface area contributed by atoms with Crippen LogP contribution < -0.4 is 20.1 Å². The highest BCUT2D eigenvalue weighted by molar-refractivity contribution is 6.32. The van der Waals surface area contributed by atoms with E-state index in [0.717, 1.165) is 11.3 Å². The Hall–Kier alpha value is -3.25. The Morgan fingerprint density at radius 2 is 1.71 bits per heavy atom. The number of amides is 1. The maximum Gasteiger partial charge on any atom is 0.256 e. The Balaban J connectivity index is 1.73. The summed E-state index contributed by atoms with van der Waals surface area (Å²) >= 11 is 6.13. The summed E-state index contributed by atoms with van der Waals surface area (Å²) in [4.78, 5) is 16.6. The first-order chi connectivity index (χ1) is 13.5. The first kappa shape index (κ1) is 19.5. The maximum atomic E-state index is 12.3. The van der Waals surface area contributed by atoms with Crippen molar-refractivity contribution in [2.24, 2.45) is 0 Å². The van der Waals surface area contributed by atoms with Crippen molar-refractivity contribution in [3.05, 3.63) is 70.9 Å². The van der Waals surface area contributed by atoms with Crippen molar-refractivity contribution in [1.29, 1.82) is 0 Å². The summed E-state index contributed by atoms with van der Waals surface area (Å²) in [6, 6.07) is 14.3. The van der Waals surface area contributed by atoms with Crippen molar-refractivity contribution in [2.75, 3.05) is 24.9 Å². The average Bonchev–Trinajstić information content (AvgIpc) is 2.70. The third-order valence-electron chi connectivity index (χ3n) is 4.07. The van der Waals surface area contributed by atoms with E-state index >= 15 is 0 Å². The highest BCUT2D eigenvalue weighted by atomic mass is 35.5. The molecule has 0 fully saturated rings. The number of aromatic nitrogens is 1. The van der Waals surface area contributed by atoms with Gasteiger partial charge < -0.3 is 20.1 Å². The van der Waals surface area contributed by atoms with Gasteiger partial charge in [0, 0.05) is 17.7 Å². The van der Waals surface area contributed by atoms with Crippen LogP contribution in [0.1, 0.15) is 15.9 Å². The lowest BCUT2D eigenvalue weighted by atomic mass is 10.1. The second-order valence-corrected chi connectivity index (χ2v) is 6.47. The molecule has 28 heavy (non-hydrogen) atoms. The largest absolute Gasteiger partial charge is 0.495 e. The Labute approximate surface area is 168 Å². The van der Waals surface area contributed by atoms with Crippen molar-refractivity contribution in [3.8, 4) is 11.5 Å². The van der Waals surface area contributed by atoms with Crippen LogP contribution in [-0.2, 0) is 0 Å². The molecule has 0 radical (unpaired) electrons. The third kappa shape index (κ3) is 4.53. The standard InChI is InChI=1S/C21H20ClN3O3/c1-13-4-6-14(7-5-13)21(26)25-20-9-8-15(12-23-20)24-17-11-18(27-2)16(22)10-19(17)28-3/h4-12,24H,1-3H3,(H,23,25,26). The number of nitrogens with one attached hydrogen (secondary N) is 2. The summed E-state index contributed by atoms with van der Waals surface area (Å²) < 4.78 is 10.6. The molecule has 3 aromatic rings. The van der Waals surface area contributed by atoms with Gasteiger partial charge in [-0.25, -0.2) is 4.98 Å². The number of anilines is 3. The van der Waals surface area contributed by atoms with Gasteiger partial charge in [-0.3, -0.25) is 4.79 Å². The highest BCUT2D eigenvalue weighted by Crippen LogP contribution is 2.37. The van der Waals surface area contributed by atoms with Gasteiger partial charge in [-0.05, 0) is 31.2 Å². The lowest BCUT2D eigenvalue weighted by Crippen LogP contribution is -2.12. The van der Waals surface area contributed by atoms with Gasteiger partial charge in [0.15, 0.2) is 0 Å². The number of rotatable bonds is 6. The third-order valence-corrected chi connectivity index (χ3v) is 4.37. The summed E-state index contributed by atoms with van der Waals surface area (Å²) in [7, 11) is 3.11. The number of hydrogen-bond acceptors (Lipinski definition) is 5. The molecule has 144 valence electrons. The van der Waals surface area contributed by atoms with E-state index in [2.05, 4.69) is 15.6 Å². The number of halogens is 1. The molecule has 0 unspecified atom stereocenters. The topological polar surface area (TPSA) is 72.5 Å². The number of aryl methyl sites for hydroxylation is 1. The predicted octanol–water partition coefficient (Wildman–Crippen LogP) is 5.06.